The molecule has 4 rings (SSSR count). The summed E-state index contributed by atoms with van der Waals surface area (Å²) < 4.78 is 30.3. The summed E-state index contributed by atoms with van der Waals surface area (Å²) in [6, 6.07) is 6.03. The molecule has 0 fully saturated rings. The normalized spacial score (nSPS) is 14.2. The SMILES string of the molecule is NCC(CC(=O)c1cc2c(s1)CCCn1ncc(Br)c1-2)Cc1cccc(F)c1F. The van der Waals surface area contributed by atoms with Crippen molar-refractivity contribution in [2.75, 3.05) is 6.54 Å². The summed E-state index contributed by atoms with van der Waals surface area (Å²) in [5.41, 5.74) is 8.14. The summed E-state index contributed by atoms with van der Waals surface area (Å²) in [6.45, 7) is 1.07. The Morgan fingerprint density at radius 1 is 1.38 bits per heavy atom. The van der Waals surface area contributed by atoms with Gasteiger partial charge in [-0.2, -0.15) is 5.10 Å². The Morgan fingerprint density at radius 2 is 2.21 bits per heavy atom. The Morgan fingerprint density at radius 3 is 3.00 bits per heavy atom. The van der Waals surface area contributed by atoms with E-state index in [0.29, 0.717) is 4.88 Å². The average Bonchev–Trinajstić information content (AvgIpc) is 3.23. The first-order chi connectivity index (χ1) is 14.0. The van der Waals surface area contributed by atoms with Gasteiger partial charge in [-0.3, -0.25) is 9.48 Å². The van der Waals surface area contributed by atoms with Crippen molar-refractivity contribution in [1.82, 2.24) is 9.78 Å². The molecule has 8 heteroatoms. The fourth-order valence-corrected chi connectivity index (χ4v) is 5.42. The first kappa shape index (κ1) is 20.4. The number of thiophene rings is 1. The molecule has 0 amide bonds. The van der Waals surface area contributed by atoms with Crippen LogP contribution in [0.1, 0.15) is 33.0 Å². The smallest absolute Gasteiger partial charge is 0.173 e. The molecule has 4 nitrogen and oxygen atoms in total. The monoisotopic (exact) mass is 479 g/mol. The molecule has 0 radical (unpaired) electrons. The molecule has 152 valence electrons. The van der Waals surface area contributed by atoms with Crippen LogP contribution in [0.2, 0.25) is 0 Å². The molecule has 0 saturated carbocycles. The highest BCUT2D eigenvalue weighted by Gasteiger charge is 2.24. The van der Waals surface area contributed by atoms with Gasteiger partial charge in [-0.15, -0.1) is 11.3 Å². The predicted octanol–water partition coefficient (Wildman–Crippen LogP) is 4.99. The number of benzene rings is 1. The van der Waals surface area contributed by atoms with Crippen molar-refractivity contribution in [2.45, 2.75) is 32.2 Å². The number of carbonyl (C=O) groups excluding carboxylic acids is 1. The second-order valence-corrected chi connectivity index (χ2v) is 9.25. The molecular formula is C21H20BrF2N3OS. The van der Waals surface area contributed by atoms with Crippen LogP contribution >= 0.6 is 27.3 Å². The fraction of sp³-hybridized carbons (Fsp3) is 0.333. The number of hydrogen-bond donors (Lipinski definition) is 1. The second kappa shape index (κ2) is 8.45. The molecule has 2 aromatic heterocycles. The van der Waals surface area contributed by atoms with E-state index in [0.717, 1.165) is 41.2 Å². The molecule has 29 heavy (non-hydrogen) atoms. The Labute approximate surface area is 179 Å². The Kier molecular flexibility index (Phi) is 5.94. The van der Waals surface area contributed by atoms with Crippen LogP contribution in [0.4, 0.5) is 8.78 Å². The molecular weight excluding hydrogens is 460 g/mol. The quantitative estimate of drug-likeness (QED) is 0.506. The van der Waals surface area contributed by atoms with Gasteiger partial charge in [0.1, 0.15) is 0 Å². The van der Waals surface area contributed by atoms with Crippen molar-refractivity contribution in [3.05, 3.63) is 61.9 Å². The highest BCUT2D eigenvalue weighted by atomic mass is 79.9. The summed E-state index contributed by atoms with van der Waals surface area (Å²) in [5, 5.41) is 4.40. The number of Topliss-reactive ketones (excluding diaryl/α,β-unsaturated/α-hetero) is 1. The molecule has 0 bridgehead atoms. The van der Waals surface area contributed by atoms with Gasteiger partial charge in [0.15, 0.2) is 17.4 Å². The van der Waals surface area contributed by atoms with Gasteiger partial charge < -0.3 is 5.73 Å². The van der Waals surface area contributed by atoms with Gasteiger partial charge in [0, 0.05) is 23.4 Å². The predicted molar refractivity (Wildman–Crippen MR) is 113 cm³/mol. The molecule has 0 spiro atoms. The van der Waals surface area contributed by atoms with Gasteiger partial charge in [0.2, 0.25) is 0 Å². The molecule has 0 saturated heterocycles. The van der Waals surface area contributed by atoms with Crippen molar-refractivity contribution < 1.29 is 13.6 Å². The molecule has 1 aliphatic rings. The maximum absolute atomic E-state index is 14.0. The first-order valence-corrected chi connectivity index (χ1v) is 11.1. The van der Waals surface area contributed by atoms with Crippen LogP contribution in [0, 0.1) is 17.6 Å². The number of ketones is 1. The van der Waals surface area contributed by atoms with Crippen LogP contribution in [-0.2, 0) is 19.4 Å². The van der Waals surface area contributed by atoms with Crippen LogP contribution in [-0.4, -0.2) is 22.1 Å². The Balaban J connectivity index is 1.55. The minimum Gasteiger partial charge on any atom is -0.330 e. The Hall–Kier alpha value is -1.90. The van der Waals surface area contributed by atoms with Crippen LogP contribution < -0.4 is 5.73 Å². The van der Waals surface area contributed by atoms with E-state index < -0.39 is 11.6 Å². The number of rotatable bonds is 6. The lowest BCUT2D eigenvalue weighted by atomic mass is 9.93. The highest BCUT2D eigenvalue weighted by Crippen LogP contribution is 2.39. The topological polar surface area (TPSA) is 60.9 Å². The van der Waals surface area contributed by atoms with Gasteiger partial charge >= 0.3 is 0 Å². The zero-order chi connectivity index (χ0) is 20.5. The summed E-state index contributed by atoms with van der Waals surface area (Å²) >= 11 is 5.07. The van der Waals surface area contributed by atoms with Crippen molar-refractivity contribution in [3.8, 4) is 11.3 Å². The van der Waals surface area contributed by atoms with Crippen molar-refractivity contribution in [3.63, 3.8) is 0 Å². The lowest BCUT2D eigenvalue weighted by molar-refractivity contribution is 0.0966. The third kappa shape index (κ3) is 4.06. The van der Waals surface area contributed by atoms with Crippen LogP contribution in [0.25, 0.3) is 11.3 Å². The van der Waals surface area contributed by atoms with E-state index in [1.807, 2.05) is 10.7 Å². The zero-order valence-electron chi connectivity index (χ0n) is 15.6. The molecule has 1 aromatic carbocycles. The van der Waals surface area contributed by atoms with E-state index >= 15 is 0 Å². The number of nitrogens with two attached hydrogens (primary N) is 1. The Bertz CT molecular complexity index is 1060. The third-order valence-electron chi connectivity index (χ3n) is 5.26. The number of fused-ring (bicyclic) bond motifs is 3. The fourth-order valence-electron chi connectivity index (χ4n) is 3.76. The summed E-state index contributed by atoms with van der Waals surface area (Å²) in [4.78, 5) is 14.8. The number of halogens is 3. The minimum atomic E-state index is -0.881. The summed E-state index contributed by atoms with van der Waals surface area (Å²) in [5.74, 6) is -2.01. The van der Waals surface area contributed by atoms with Crippen molar-refractivity contribution in [2.24, 2.45) is 11.7 Å². The van der Waals surface area contributed by atoms with Gasteiger partial charge in [-0.25, -0.2) is 8.78 Å². The standard InChI is InChI=1S/C21H20BrF2N3OS/c22-15-11-26-27-6-2-5-18-14(21(15)27)9-19(29-18)17(28)8-12(10-25)7-13-3-1-4-16(23)20(13)24/h1,3-4,9,11-12H,2,5-8,10,25H2. The number of nitrogens with zero attached hydrogens (tertiary/aromatic N) is 2. The van der Waals surface area contributed by atoms with E-state index in [-0.39, 0.29) is 36.7 Å². The highest BCUT2D eigenvalue weighted by molar-refractivity contribution is 9.10. The maximum Gasteiger partial charge on any atom is 0.173 e. The summed E-state index contributed by atoms with van der Waals surface area (Å²) in [7, 11) is 0. The van der Waals surface area contributed by atoms with Crippen LogP contribution in [0.15, 0.2) is 34.9 Å². The third-order valence-corrected chi connectivity index (χ3v) is 7.07. The molecule has 3 aromatic rings. The first-order valence-electron chi connectivity index (χ1n) is 9.48. The van der Waals surface area contributed by atoms with Crippen molar-refractivity contribution >= 4 is 33.0 Å². The average molecular weight is 480 g/mol. The molecule has 1 atom stereocenters. The largest absolute Gasteiger partial charge is 0.330 e. The van der Waals surface area contributed by atoms with Crippen molar-refractivity contribution in [1.29, 1.82) is 0 Å². The minimum absolute atomic E-state index is 0.0162. The van der Waals surface area contributed by atoms with Gasteiger partial charge in [0.25, 0.3) is 0 Å². The number of hydrogen-bond acceptors (Lipinski definition) is 4. The van der Waals surface area contributed by atoms with E-state index in [4.69, 9.17) is 5.73 Å². The van der Waals surface area contributed by atoms with E-state index in [9.17, 15) is 13.6 Å². The van der Waals surface area contributed by atoms with E-state index in [1.54, 1.807) is 6.20 Å². The molecule has 1 aliphatic heterocycles. The van der Waals surface area contributed by atoms with E-state index in [2.05, 4.69) is 21.0 Å². The number of aromatic nitrogens is 2. The number of carbonyl (C=O) groups is 1. The van der Waals surface area contributed by atoms with Gasteiger partial charge in [-0.05, 0) is 65.4 Å². The molecule has 2 N–H and O–H groups in total. The molecule has 1 unspecified atom stereocenters. The lowest BCUT2D eigenvalue weighted by Gasteiger charge is -2.14. The van der Waals surface area contributed by atoms with Gasteiger partial charge in [0.05, 0.1) is 21.2 Å². The summed E-state index contributed by atoms with van der Waals surface area (Å²) in [6.07, 6.45) is 4.08. The van der Waals surface area contributed by atoms with Gasteiger partial charge in [-0.1, -0.05) is 12.1 Å². The number of aryl methyl sites for hydroxylation is 2. The molecule has 3 heterocycles. The maximum atomic E-state index is 14.0. The van der Waals surface area contributed by atoms with E-state index in [1.165, 1.54) is 28.3 Å². The second-order valence-electron chi connectivity index (χ2n) is 7.26. The zero-order valence-corrected chi connectivity index (χ0v) is 18.0. The van der Waals surface area contributed by atoms with Crippen LogP contribution in [0.5, 0.6) is 0 Å². The van der Waals surface area contributed by atoms with Crippen LogP contribution in [0.3, 0.4) is 0 Å². The lowest BCUT2D eigenvalue weighted by Crippen LogP contribution is -2.21. The molecule has 0 aliphatic carbocycles.